The first-order valence-electron chi connectivity index (χ1n) is 13.8. The number of carbonyl (C=O) groups excluding carboxylic acids is 2. The van der Waals surface area contributed by atoms with Crippen molar-refractivity contribution in [1.29, 1.82) is 0 Å². The molecule has 1 N–H and O–H groups in total. The van der Waals surface area contributed by atoms with E-state index in [0.717, 1.165) is 27.9 Å². The number of rotatable bonds is 7. The van der Waals surface area contributed by atoms with Gasteiger partial charge in [0.25, 0.3) is 11.8 Å². The summed E-state index contributed by atoms with van der Waals surface area (Å²) >= 11 is 1.52. The van der Waals surface area contributed by atoms with Crippen molar-refractivity contribution < 1.29 is 22.8 Å². The molecule has 0 spiro atoms. The molecule has 0 saturated heterocycles. The van der Waals surface area contributed by atoms with Crippen LogP contribution in [0.4, 0.5) is 14.5 Å². The van der Waals surface area contributed by atoms with Crippen molar-refractivity contribution in [2.45, 2.75) is 13.0 Å². The average Bonchev–Trinajstić information content (AvgIpc) is 3.40. The number of hydrogen-bond acceptors (Lipinski definition) is 5. The maximum Gasteiger partial charge on any atom is 0.255 e. The molecule has 218 valence electrons. The van der Waals surface area contributed by atoms with Crippen LogP contribution in [0.25, 0.3) is 33.4 Å². The molecule has 0 radical (unpaired) electrons. The molecule has 6 rings (SSSR count). The standard InChI is InChI=1S/C34H29F2N3O3S/c1-37-33(40)31-28-17-26(29(38(2)43-3)18-30(28)42-32(31)22-8-12-25(36)13-9-22)23-7-6-21-14-15-39(34(41)27(21)16-23)19-20-4-10-24(35)11-5-20/h4-13,16-18H,14-15,19H2,1-3H3,(H,37,40). The normalized spacial score (nSPS) is 12.9. The van der Waals surface area contributed by atoms with E-state index >= 15 is 0 Å². The Balaban J connectivity index is 1.47. The van der Waals surface area contributed by atoms with Crippen LogP contribution in [-0.4, -0.2) is 43.6 Å². The van der Waals surface area contributed by atoms with Crippen LogP contribution in [0.3, 0.4) is 0 Å². The third-order valence-electron chi connectivity index (χ3n) is 7.86. The Hall–Kier alpha value is -4.63. The maximum absolute atomic E-state index is 13.7. The molecule has 1 aliphatic rings. The number of halogens is 2. The number of nitrogens with one attached hydrogen (secondary N) is 1. The highest BCUT2D eigenvalue weighted by Gasteiger charge is 2.27. The Morgan fingerprint density at radius 3 is 2.30 bits per heavy atom. The van der Waals surface area contributed by atoms with E-state index in [1.54, 1.807) is 36.2 Å². The minimum Gasteiger partial charge on any atom is -0.455 e. The summed E-state index contributed by atoms with van der Waals surface area (Å²) in [5.74, 6) is -0.756. The first kappa shape index (κ1) is 28.5. The van der Waals surface area contributed by atoms with Crippen LogP contribution in [0, 0.1) is 11.6 Å². The summed E-state index contributed by atoms with van der Waals surface area (Å²) < 4.78 is 35.4. The lowest BCUT2D eigenvalue weighted by molar-refractivity contribution is 0.0727. The summed E-state index contributed by atoms with van der Waals surface area (Å²) in [5, 5.41) is 3.31. The fourth-order valence-electron chi connectivity index (χ4n) is 5.53. The fraction of sp³-hybridized carbons (Fsp3) is 0.176. The van der Waals surface area contributed by atoms with E-state index in [2.05, 4.69) is 5.32 Å². The highest BCUT2D eigenvalue weighted by molar-refractivity contribution is 7.99. The molecule has 0 atom stereocenters. The number of benzene rings is 4. The van der Waals surface area contributed by atoms with Crippen LogP contribution in [-0.2, 0) is 13.0 Å². The first-order valence-corrected chi connectivity index (χ1v) is 15.0. The van der Waals surface area contributed by atoms with Gasteiger partial charge in [-0.05, 0) is 71.6 Å². The average molecular weight is 598 g/mol. The number of fused-ring (bicyclic) bond motifs is 2. The maximum atomic E-state index is 13.7. The van der Waals surface area contributed by atoms with Crippen LogP contribution in [0.15, 0.2) is 83.3 Å². The minimum atomic E-state index is -0.384. The van der Waals surface area contributed by atoms with Crippen molar-refractivity contribution in [2.24, 2.45) is 0 Å². The highest BCUT2D eigenvalue weighted by atomic mass is 32.2. The monoisotopic (exact) mass is 597 g/mol. The lowest BCUT2D eigenvalue weighted by atomic mass is 9.92. The number of hydrogen-bond donors (Lipinski definition) is 1. The summed E-state index contributed by atoms with van der Waals surface area (Å²) in [6.45, 7) is 0.970. The van der Waals surface area contributed by atoms with Crippen LogP contribution >= 0.6 is 11.9 Å². The zero-order valence-electron chi connectivity index (χ0n) is 23.9. The van der Waals surface area contributed by atoms with Crippen molar-refractivity contribution in [3.05, 3.63) is 113 Å². The van der Waals surface area contributed by atoms with Gasteiger partial charge >= 0.3 is 0 Å². The summed E-state index contributed by atoms with van der Waals surface area (Å²) in [6, 6.07) is 21.7. The Morgan fingerprint density at radius 2 is 1.63 bits per heavy atom. The van der Waals surface area contributed by atoms with Gasteiger partial charge in [0.2, 0.25) is 0 Å². The number of amides is 2. The van der Waals surface area contributed by atoms with Gasteiger partial charge in [-0.15, -0.1) is 0 Å². The van der Waals surface area contributed by atoms with E-state index in [9.17, 15) is 18.4 Å². The van der Waals surface area contributed by atoms with E-state index in [0.29, 0.717) is 52.9 Å². The van der Waals surface area contributed by atoms with Gasteiger partial charge in [0.15, 0.2) is 0 Å². The van der Waals surface area contributed by atoms with Gasteiger partial charge in [0.1, 0.15) is 23.0 Å². The smallest absolute Gasteiger partial charge is 0.255 e. The molecule has 1 aliphatic heterocycles. The van der Waals surface area contributed by atoms with Crippen LogP contribution < -0.4 is 9.62 Å². The van der Waals surface area contributed by atoms with Gasteiger partial charge < -0.3 is 18.9 Å². The topological polar surface area (TPSA) is 65.8 Å². The second-order valence-electron chi connectivity index (χ2n) is 10.4. The fourth-order valence-corrected chi connectivity index (χ4v) is 5.87. The van der Waals surface area contributed by atoms with Crippen LogP contribution in [0.2, 0.25) is 0 Å². The molecule has 2 amide bonds. The second kappa shape index (κ2) is 11.6. The molecule has 6 nitrogen and oxygen atoms in total. The molecule has 5 aromatic rings. The number of nitrogens with zero attached hydrogens (tertiary/aromatic N) is 2. The Labute approximate surface area is 252 Å². The predicted octanol–water partition coefficient (Wildman–Crippen LogP) is 7.32. The summed E-state index contributed by atoms with van der Waals surface area (Å²) in [7, 11) is 3.49. The number of furan rings is 1. The molecule has 1 aromatic heterocycles. The van der Waals surface area contributed by atoms with E-state index in [-0.39, 0.29) is 23.4 Å². The number of anilines is 1. The van der Waals surface area contributed by atoms with Gasteiger partial charge in [-0.3, -0.25) is 9.59 Å². The van der Waals surface area contributed by atoms with Crippen LogP contribution in [0.5, 0.6) is 0 Å². The molecular weight excluding hydrogens is 568 g/mol. The van der Waals surface area contributed by atoms with Crippen LogP contribution in [0.1, 0.15) is 31.8 Å². The van der Waals surface area contributed by atoms with E-state index < -0.39 is 0 Å². The minimum absolute atomic E-state index is 0.0822. The van der Waals surface area contributed by atoms with Gasteiger partial charge in [0, 0.05) is 61.6 Å². The third-order valence-corrected chi connectivity index (χ3v) is 8.60. The Bertz CT molecular complexity index is 1850. The van der Waals surface area contributed by atoms with Gasteiger partial charge in [0.05, 0.1) is 11.3 Å². The molecule has 0 fully saturated rings. The van der Waals surface area contributed by atoms with Gasteiger partial charge in [-0.1, -0.05) is 36.2 Å². The molecule has 4 aromatic carbocycles. The van der Waals surface area contributed by atoms with E-state index in [1.807, 2.05) is 47.9 Å². The van der Waals surface area contributed by atoms with Gasteiger partial charge in [-0.25, -0.2) is 8.78 Å². The SMILES string of the molecule is CNC(=O)c1c(-c2ccc(F)cc2)oc2cc(N(C)SC)c(-c3ccc4c(c3)C(=O)N(Cc3ccc(F)cc3)CC4)cc12. The largest absolute Gasteiger partial charge is 0.455 e. The van der Waals surface area contributed by atoms with Crippen molar-refractivity contribution in [3.63, 3.8) is 0 Å². The lowest BCUT2D eigenvalue weighted by Crippen LogP contribution is -2.37. The quantitative estimate of drug-likeness (QED) is 0.199. The molecule has 0 saturated carbocycles. The van der Waals surface area contributed by atoms with Crippen molar-refractivity contribution in [3.8, 4) is 22.5 Å². The molecule has 2 heterocycles. The van der Waals surface area contributed by atoms with Crippen molar-refractivity contribution in [2.75, 3.05) is 31.2 Å². The second-order valence-corrected chi connectivity index (χ2v) is 11.3. The van der Waals surface area contributed by atoms with Crippen molar-refractivity contribution in [1.82, 2.24) is 10.2 Å². The number of carbonyl (C=O) groups is 2. The summed E-state index contributed by atoms with van der Waals surface area (Å²) in [5.41, 5.74) is 6.38. The Morgan fingerprint density at radius 1 is 0.953 bits per heavy atom. The summed E-state index contributed by atoms with van der Waals surface area (Å²) in [6.07, 6.45) is 2.67. The molecule has 9 heteroatoms. The van der Waals surface area contributed by atoms with E-state index in [1.165, 1.54) is 36.2 Å². The molecule has 0 aliphatic carbocycles. The first-order chi connectivity index (χ1) is 20.8. The van der Waals surface area contributed by atoms with E-state index in [4.69, 9.17) is 4.42 Å². The highest BCUT2D eigenvalue weighted by Crippen LogP contribution is 2.42. The van der Waals surface area contributed by atoms with Gasteiger partial charge in [-0.2, -0.15) is 0 Å². The zero-order chi connectivity index (χ0) is 30.2. The van der Waals surface area contributed by atoms with Crippen molar-refractivity contribution >= 4 is 40.4 Å². The summed E-state index contributed by atoms with van der Waals surface area (Å²) in [4.78, 5) is 28.6. The molecule has 43 heavy (non-hydrogen) atoms. The zero-order valence-corrected chi connectivity index (χ0v) is 24.7. The molecular formula is C34H29F2N3O3S. The molecule has 0 unspecified atom stereocenters. The lowest BCUT2D eigenvalue weighted by Gasteiger charge is -2.29. The Kier molecular flexibility index (Phi) is 7.66. The molecule has 0 bridgehead atoms. The third kappa shape index (κ3) is 5.36. The predicted molar refractivity (Wildman–Crippen MR) is 167 cm³/mol.